The largest absolute Gasteiger partial charge is 0.441 e. The number of benzene rings is 2. The van der Waals surface area contributed by atoms with E-state index in [2.05, 4.69) is 74.3 Å². The highest BCUT2D eigenvalue weighted by atomic mass is 16.4. The molecule has 3 nitrogen and oxygen atoms in total. The van der Waals surface area contributed by atoms with Crippen molar-refractivity contribution in [1.29, 1.82) is 0 Å². The van der Waals surface area contributed by atoms with Crippen molar-refractivity contribution in [3.63, 3.8) is 0 Å². The van der Waals surface area contributed by atoms with Crippen LogP contribution in [0.5, 0.6) is 0 Å². The lowest BCUT2D eigenvalue weighted by atomic mass is 10.0. The van der Waals surface area contributed by atoms with Gasteiger partial charge < -0.3 is 4.42 Å². The predicted octanol–water partition coefficient (Wildman–Crippen LogP) is 5.16. The second kappa shape index (κ2) is 7.02. The summed E-state index contributed by atoms with van der Waals surface area (Å²) in [5.74, 6) is 1.59. The molecule has 3 heteroatoms. The molecular formula is C21H24N2O. The Balaban J connectivity index is 1.82. The third-order valence-corrected chi connectivity index (χ3v) is 4.41. The molecule has 0 atom stereocenters. The second-order valence-corrected chi connectivity index (χ2v) is 6.47. The van der Waals surface area contributed by atoms with Crippen LogP contribution in [0, 0.1) is 6.92 Å². The molecule has 24 heavy (non-hydrogen) atoms. The highest BCUT2D eigenvalue weighted by Crippen LogP contribution is 2.26. The summed E-state index contributed by atoms with van der Waals surface area (Å²) in [6.07, 6.45) is 0. The molecule has 0 amide bonds. The van der Waals surface area contributed by atoms with Gasteiger partial charge in [0.1, 0.15) is 5.76 Å². The van der Waals surface area contributed by atoms with Crippen LogP contribution in [-0.2, 0) is 6.54 Å². The van der Waals surface area contributed by atoms with Crippen molar-refractivity contribution in [2.24, 2.45) is 0 Å². The quantitative estimate of drug-likeness (QED) is 0.650. The maximum atomic E-state index is 5.89. The zero-order valence-electron chi connectivity index (χ0n) is 14.8. The lowest BCUT2D eigenvalue weighted by Gasteiger charge is -2.19. The summed E-state index contributed by atoms with van der Waals surface area (Å²) in [4.78, 5) is 6.95. The Morgan fingerprint density at radius 3 is 2.12 bits per heavy atom. The topological polar surface area (TPSA) is 29.3 Å². The van der Waals surface area contributed by atoms with Gasteiger partial charge in [0.15, 0.2) is 0 Å². The number of aromatic nitrogens is 1. The van der Waals surface area contributed by atoms with E-state index in [4.69, 9.17) is 9.40 Å². The molecule has 0 aliphatic carbocycles. The fourth-order valence-electron chi connectivity index (χ4n) is 2.55. The SMILES string of the molecule is Cc1oc(-c2ccc(-c3ccccc3)cc2)nc1CN(C)C(C)C. The average Bonchev–Trinajstić information content (AvgIpc) is 2.96. The lowest BCUT2D eigenvalue weighted by molar-refractivity contribution is 0.261. The van der Waals surface area contributed by atoms with Gasteiger partial charge in [0.05, 0.1) is 5.69 Å². The Kier molecular flexibility index (Phi) is 4.81. The lowest BCUT2D eigenvalue weighted by Crippen LogP contribution is -2.26. The Morgan fingerprint density at radius 1 is 0.917 bits per heavy atom. The molecule has 3 rings (SSSR count). The van der Waals surface area contributed by atoms with Crippen molar-refractivity contribution in [2.45, 2.75) is 33.4 Å². The van der Waals surface area contributed by atoms with Crippen molar-refractivity contribution in [3.8, 4) is 22.6 Å². The average molecular weight is 320 g/mol. The first-order valence-corrected chi connectivity index (χ1v) is 8.37. The highest BCUT2D eigenvalue weighted by Gasteiger charge is 2.14. The van der Waals surface area contributed by atoms with E-state index in [1.165, 1.54) is 11.1 Å². The van der Waals surface area contributed by atoms with Crippen LogP contribution in [0.25, 0.3) is 22.6 Å². The monoisotopic (exact) mass is 320 g/mol. The Hall–Kier alpha value is -2.39. The van der Waals surface area contributed by atoms with E-state index in [0.29, 0.717) is 11.9 Å². The first-order chi connectivity index (χ1) is 11.5. The number of nitrogens with zero attached hydrogens (tertiary/aromatic N) is 2. The molecular weight excluding hydrogens is 296 g/mol. The number of hydrogen-bond acceptors (Lipinski definition) is 3. The molecule has 3 aromatic rings. The number of rotatable bonds is 5. The normalized spacial score (nSPS) is 11.4. The first-order valence-electron chi connectivity index (χ1n) is 8.37. The fourth-order valence-corrected chi connectivity index (χ4v) is 2.55. The summed E-state index contributed by atoms with van der Waals surface area (Å²) in [5, 5.41) is 0. The summed E-state index contributed by atoms with van der Waals surface area (Å²) in [6, 6.07) is 19.2. The molecule has 0 spiro atoms. The van der Waals surface area contributed by atoms with E-state index >= 15 is 0 Å². The van der Waals surface area contributed by atoms with E-state index in [1.54, 1.807) is 0 Å². The summed E-state index contributed by atoms with van der Waals surface area (Å²) in [5.41, 5.74) is 4.43. The summed E-state index contributed by atoms with van der Waals surface area (Å²) in [7, 11) is 2.10. The van der Waals surface area contributed by atoms with Gasteiger partial charge in [-0.15, -0.1) is 0 Å². The molecule has 0 aliphatic heterocycles. The molecule has 124 valence electrons. The summed E-state index contributed by atoms with van der Waals surface area (Å²) >= 11 is 0. The van der Waals surface area contributed by atoms with Crippen molar-refractivity contribution < 1.29 is 4.42 Å². The predicted molar refractivity (Wildman–Crippen MR) is 98.7 cm³/mol. The first kappa shape index (κ1) is 16.5. The minimum absolute atomic E-state index is 0.481. The molecule has 0 bridgehead atoms. The maximum absolute atomic E-state index is 5.89. The van der Waals surface area contributed by atoms with E-state index < -0.39 is 0 Å². The van der Waals surface area contributed by atoms with Gasteiger partial charge in [0.25, 0.3) is 0 Å². The molecule has 0 saturated heterocycles. The van der Waals surface area contributed by atoms with E-state index in [-0.39, 0.29) is 0 Å². The second-order valence-electron chi connectivity index (χ2n) is 6.47. The van der Waals surface area contributed by atoms with Crippen molar-refractivity contribution >= 4 is 0 Å². The van der Waals surface area contributed by atoms with Gasteiger partial charge in [0.2, 0.25) is 5.89 Å². The zero-order chi connectivity index (χ0) is 17.1. The molecule has 0 fully saturated rings. The van der Waals surface area contributed by atoms with E-state index in [1.807, 2.05) is 13.0 Å². The third kappa shape index (κ3) is 3.57. The van der Waals surface area contributed by atoms with E-state index in [0.717, 1.165) is 23.6 Å². The number of aryl methyl sites for hydroxylation is 1. The molecule has 0 radical (unpaired) electrons. The Morgan fingerprint density at radius 2 is 1.50 bits per heavy atom. The van der Waals surface area contributed by atoms with Crippen LogP contribution in [0.2, 0.25) is 0 Å². The zero-order valence-corrected chi connectivity index (χ0v) is 14.8. The van der Waals surface area contributed by atoms with Crippen LogP contribution < -0.4 is 0 Å². The van der Waals surface area contributed by atoms with Crippen LogP contribution >= 0.6 is 0 Å². The standard InChI is InChI=1S/C21H24N2O/c1-15(2)23(4)14-20-16(3)24-21(22-20)19-12-10-18(11-13-19)17-8-6-5-7-9-17/h5-13,15H,14H2,1-4H3. The summed E-state index contributed by atoms with van der Waals surface area (Å²) < 4.78 is 5.89. The number of hydrogen-bond donors (Lipinski definition) is 0. The molecule has 0 aliphatic rings. The van der Waals surface area contributed by atoms with Crippen LogP contribution in [0.3, 0.4) is 0 Å². The van der Waals surface area contributed by atoms with Gasteiger partial charge in [-0.1, -0.05) is 42.5 Å². The fraction of sp³-hybridized carbons (Fsp3) is 0.286. The van der Waals surface area contributed by atoms with Gasteiger partial charge in [0, 0.05) is 18.2 Å². The van der Waals surface area contributed by atoms with Crippen molar-refractivity contribution in [3.05, 3.63) is 66.1 Å². The molecule has 1 aromatic heterocycles. The summed E-state index contributed by atoms with van der Waals surface area (Å²) in [6.45, 7) is 7.14. The smallest absolute Gasteiger partial charge is 0.226 e. The van der Waals surface area contributed by atoms with Gasteiger partial charge in [-0.3, -0.25) is 4.90 Å². The van der Waals surface area contributed by atoms with Gasteiger partial charge >= 0.3 is 0 Å². The number of oxazole rings is 1. The Labute approximate surface area is 144 Å². The molecule has 0 saturated carbocycles. The van der Waals surface area contributed by atoms with Crippen LogP contribution in [-0.4, -0.2) is 23.0 Å². The van der Waals surface area contributed by atoms with E-state index in [9.17, 15) is 0 Å². The molecule has 0 unspecified atom stereocenters. The minimum atomic E-state index is 0.481. The van der Waals surface area contributed by atoms with Crippen molar-refractivity contribution in [1.82, 2.24) is 9.88 Å². The van der Waals surface area contributed by atoms with Gasteiger partial charge in [-0.05, 0) is 51.1 Å². The third-order valence-electron chi connectivity index (χ3n) is 4.41. The Bertz CT molecular complexity index is 788. The van der Waals surface area contributed by atoms with Gasteiger partial charge in [-0.25, -0.2) is 4.98 Å². The molecule has 0 N–H and O–H groups in total. The molecule has 2 aromatic carbocycles. The van der Waals surface area contributed by atoms with Gasteiger partial charge in [-0.2, -0.15) is 0 Å². The molecule has 1 heterocycles. The maximum Gasteiger partial charge on any atom is 0.226 e. The van der Waals surface area contributed by atoms with Crippen LogP contribution in [0.15, 0.2) is 59.0 Å². The minimum Gasteiger partial charge on any atom is -0.441 e. The highest BCUT2D eigenvalue weighted by molar-refractivity contribution is 5.67. The van der Waals surface area contributed by atoms with Crippen molar-refractivity contribution in [2.75, 3.05) is 7.05 Å². The van der Waals surface area contributed by atoms with Crippen LogP contribution in [0.4, 0.5) is 0 Å². The van der Waals surface area contributed by atoms with Crippen LogP contribution in [0.1, 0.15) is 25.3 Å².